The maximum atomic E-state index is 13.4. The Balaban J connectivity index is 1.85. The molecule has 1 fully saturated rings. The van der Waals surface area contributed by atoms with Crippen molar-refractivity contribution in [1.82, 2.24) is 14.8 Å². The summed E-state index contributed by atoms with van der Waals surface area (Å²) in [6.07, 6.45) is 4.56. The molecule has 1 aromatic carbocycles. The lowest BCUT2D eigenvalue weighted by Gasteiger charge is -2.30. The highest BCUT2D eigenvalue weighted by atomic mass is 32.2. The van der Waals surface area contributed by atoms with E-state index >= 15 is 0 Å². The fourth-order valence-corrected chi connectivity index (χ4v) is 5.94. The quantitative estimate of drug-likeness (QED) is 0.733. The summed E-state index contributed by atoms with van der Waals surface area (Å²) in [5.74, 6) is 0.0673. The van der Waals surface area contributed by atoms with Gasteiger partial charge in [0.15, 0.2) is 10.7 Å². The lowest BCUT2D eigenvalue weighted by Crippen LogP contribution is -2.43. The number of carbonyl (C=O) groups is 1. The number of nitrogens with one attached hydrogen (secondary N) is 1. The number of hydrogen-bond donors (Lipinski definition) is 1. The first kappa shape index (κ1) is 23.2. The first-order chi connectivity index (χ1) is 14.6. The molecule has 0 bridgehead atoms. The summed E-state index contributed by atoms with van der Waals surface area (Å²) in [6.45, 7) is 10.8. The minimum Gasteiger partial charge on any atom is -0.356 e. The van der Waals surface area contributed by atoms with Crippen LogP contribution in [0.5, 0.6) is 0 Å². The lowest BCUT2D eigenvalue weighted by atomic mass is 9.97. The van der Waals surface area contributed by atoms with Crippen molar-refractivity contribution in [3.63, 3.8) is 0 Å². The highest BCUT2D eigenvalue weighted by Crippen LogP contribution is 2.30. The van der Waals surface area contributed by atoms with Gasteiger partial charge in [0.2, 0.25) is 15.9 Å². The first-order valence-electron chi connectivity index (χ1n) is 10.6. The molecule has 1 aliphatic rings. The van der Waals surface area contributed by atoms with E-state index in [0.29, 0.717) is 38.2 Å². The summed E-state index contributed by atoms with van der Waals surface area (Å²) in [7, 11) is -3.78. The topological polar surface area (TPSA) is 92.5 Å². The number of hydrogen-bond acceptors (Lipinski definition) is 5. The molecule has 0 spiro atoms. The van der Waals surface area contributed by atoms with E-state index in [2.05, 4.69) is 22.6 Å². The third kappa shape index (κ3) is 4.91. The SMILES string of the molecule is CCNC(=O)C1CCN(S(=O)(=O)c2c(C)noc2C=Cc2c(C)cc(C)cc2C)CC1. The second-order valence-corrected chi connectivity index (χ2v) is 10.1. The normalized spacial score (nSPS) is 16.2. The van der Waals surface area contributed by atoms with Crippen LogP contribution in [0.1, 0.15) is 53.5 Å². The molecule has 2 aromatic rings. The van der Waals surface area contributed by atoms with Crippen molar-refractivity contribution in [2.75, 3.05) is 19.6 Å². The summed E-state index contributed by atoms with van der Waals surface area (Å²) < 4.78 is 33.6. The average Bonchev–Trinajstić information content (AvgIpc) is 3.08. The van der Waals surface area contributed by atoms with Gasteiger partial charge in [-0.25, -0.2) is 8.42 Å². The zero-order valence-electron chi connectivity index (χ0n) is 18.9. The maximum Gasteiger partial charge on any atom is 0.248 e. The molecule has 2 heterocycles. The van der Waals surface area contributed by atoms with Gasteiger partial charge in [-0.1, -0.05) is 28.9 Å². The number of sulfonamides is 1. The third-order valence-electron chi connectivity index (χ3n) is 5.75. The molecule has 1 amide bonds. The van der Waals surface area contributed by atoms with E-state index in [1.807, 2.05) is 33.8 Å². The number of amides is 1. The average molecular weight is 446 g/mol. The van der Waals surface area contributed by atoms with Gasteiger partial charge in [-0.05, 0) is 70.2 Å². The van der Waals surface area contributed by atoms with Crippen LogP contribution in [-0.4, -0.2) is 43.4 Å². The summed E-state index contributed by atoms with van der Waals surface area (Å²) >= 11 is 0. The highest BCUT2D eigenvalue weighted by molar-refractivity contribution is 7.89. The number of carbonyl (C=O) groups excluding carboxylic acids is 1. The molecule has 8 heteroatoms. The summed E-state index contributed by atoms with van der Waals surface area (Å²) in [5.41, 5.74) is 4.78. The first-order valence-corrected chi connectivity index (χ1v) is 12.1. The van der Waals surface area contributed by atoms with Crippen LogP contribution in [0.2, 0.25) is 0 Å². The fraction of sp³-hybridized carbons (Fsp3) is 0.478. The largest absolute Gasteiger partial charge is 0.356 e. The molecule has 0 radical (unpaired) electrons. The van der Waals surface area contributed by atoms with Crippen LogP contribution in [-0.2, 0) is 14.8 Å². The molecule has 0 atom stereocenters. The van der Waals surface area contributed by atoms with Gasteiger partial charge in [0.05, 0.1) is 0 Å². The third-order valence-corrected chi connectivity index (χ3v) is 7.80. The predicted molar refractivity (Wildman–Crippen MR) is 121 cm³/mol. The highest BCUT2D eigenvalue weighted by Gasteiger charge is 2.35. The van der Waals surface area contributed by atoms with E-state index in [9.17, 15) is 13.2 Å². The van der Waals surface area contributed by atoms with Gasteiger partial charge in [-0.3, -0.25) is 4.79 Å². The number of piperidine rings is 1. The maximum absolute atomic E-state index is 13.4. The van der Waals surface area contributed by atoms with Gasteiger partial charge >= 0.3 is 0 Å². The molecule has 1 aliphatic heterocycles. The molecule has 31 heavy (non-hydrogen) atoms. The summed E-state index contributed by atoms with van der Waals surface area (Å²) in [4.78, 5) is 12.2. The molecular formula is C23H31N3O4S. The van der Waals surface area contributed by atoms with Crippen LogP contribution in [0, 0.1) is 33.6 Å². The monoisotopic (exact) mass is 445 g/mol. The fourth-order valence-electron chi connectivity index (χ4n) is 4.22. The number of aromatic nitrogens is 1. The molecule has 3 rings (SSSR count). The zero-order chi connectivity index (χ0) is 22.8. The second-order valence-electron chi connectivity index (χ2n) is 8.18. The number of nitrogens with zero attached hydrogens (tertiary/aromatic N) is 2. The van der Waals surface area contributed by atoms with E-state index in [0.717, 1.165) is 16.7 Å². The van der Waals surface area contributed by atoms with E-state index < -0.39 is 10.0 Å². The Morgan fingerprint density at radius 3 is 2.35 bits per heavy atom. The Hall–Kier alpha value is -2.45. The number of aryl methyl sites for hydroxylation is 4. The van der Waals surface area contributed by atoms with Crippen LogP contribution in [0.3, 0.4) is 0 Å². The van der Waals surface area contributed by atoms with E-state index in [4.69, 9.17) is 4.52 Å². The van der Waals surface area contributed by atoms with Crippen LogP contribution >= 0.6 is 0 Å². The molecule has 0 aliphatic carbocycles. The Bertz CT molecular complexity index is 1070. The van der Waals surface area contributed by atoms with Crippen LogP contribution < -0.4 is 5.32 Å². The zero-order valence-corrected chi connectivity index (χ0v) is 19.7. The Morgan fingerprint density at radius 1 is 1.16 bits per heavy atom. The number of benzene rings is 1. The molecule has 7 nitrogen and oxygen atoms in total. The number of rotatable bonds is 6. The Morgan fingerprint density at radius 2 is 1.77 bits per heavy atom. The van der Waals surface area contributed by atoms with Crippen LogP contribution in [0.15, 0.2) is 21.6 Å². The van der Waals surface area contributed by atoms with Gasteiger partial charge < -0.3 is 9.84 Å². The predicted octanol–water partition coefficient (Wildman–Crippen LogP) is 3.62. The molecule has 0 saturated carbocycles. The lowest BCUT2D eigenvalue weighted by molar-refractivity contribution is -0.126. The van der Waals surface area contributed by atoms with E-state index in [1.165, 1.54) is 9.87 Å². The van der Waals surface area contributed by atoms with Gasteiger partial charge in [0.25, 0.3) is 0 Å². The minimum atomic E-state index is -3.78. The van der Waals surface area contributed by atoms with Gasteiger partial charge in [-0.2, -0.15) is 4.31 Å². The summed E-state index contributed by atoms with van der Waals surface area (Å²) in [5, 5.41) is 6.74. The molecule has 0 unspecified atom stereocenters. The van der Waals surface area contributed by atoms with E-state index in [-0.39, 0.29) is 22.5 Å². The van der Waals surface area contributed by atoms with Crippen molar-refractivity contribution in [3.05, 3.63) is 45.8 Å². The van der Waals surface area contributed by atoms with E-state index in [1.54, 1.807) is 13.0 Å². The van der Waals surface area contributed by atoms with Crippen LogP contribution in [0.25, 0.3) is 12.2 Å². The second kappa shape index (κ2) is 9.36. The minimum absolute atomic E-state index is 0.00633. The van der Waals surface area contributed by atoms with Crippen molar-refractivity contribution in [2.24, 2.45) is 5.92 Å². The van der Waals surface area contributed by atoms with Crippen molar-refractivity contribution < 1.29 is 17.7 Å². The molecule has 1 saturated heterocycles. The van der Waals surface area contributed by atoms with Gasteiger partial charge in [-0.15, -0.1) is 0 Å². The van der Waals surface area contributed by atoms with Crippen molar-refractivity contribution >= 4 is 28.1 Å². The van der Waals surface area contributed by atoms with Crippen LogP contribution in [0.4, 0.5) is 0 Å². The standard InChI is InChI=1S/C23H31N3O4S/c1-6-24-23(27)19-9-11-26(12-10-19)31(28,29)22-18(5)25-30-21(22)8-7-20-16(3)13-15(2)14-17(20)4/h7-8,13-14,19H,6,9-12H2,1-5H3,(H,24,27). The summed E-state index contributed by atoms with van der Waals surface area (Å²) in [6, 6.07) is 4.18. The molecular weight excluding hydrogens is 414 g/mol. The molecule has 168 valence electrons. The molecule has 1 N–H and O–H groups in total. The Labute approximate surface area is 184 Å². The van der Waals surface area contributed by atoms with Gasteiger partial charge in [0, 0.05) is 25.6 Å². The van der Waals surface area contributed by atoms with Crippen molar-refractivity contribution in [1.29, 1.82) is 0 Å². The molecule has 1 aromatic heterocycles. The van der Waals surface area contributed by atoms with Gasteiger partial charge in [0.1, 0.15) is 5.69 Å². The Kier molecular flexibility index (Phi) is 7.01. The van der Waals surface area contributed by atoms with Crippen molar-refractivity contribution in [3.8, 4) is 0 Å². The van der Waals surface area contributed by atoms with Crippen molar-refractivity contribution in [2.45, 2.75) is 52.4 Å². The smallest absolute Gasteiger partial charge is 0.248 e.